The van der Waals surface area contributed by atoms with E-state index in [1.165, 1.54) is 30.6 Å². The topological polar surface area (TPSA) is 109 Å². The highest BCUT2D eigenvalue weighted by Gasteiger charge is 2.32. The van der Waals surface area contributed by atoms with E-state index < -0.39 is 22.2 Å². The first-order valence-corrected chi connectivity index (χ1v) is 15.9. The summed E-state index contributed by atoms with van der Waals surface area (Å²) in [7, 11) is 3.09. The van der Waals surface area contributed by atoms with Crippen LogP contribution in [0.5, 0.6) is 11.5 Å². The highest BCUT2D eigenvalue weighted by Crippen LogP contribution is 2.29. The minimum atomic E-state index is -3.80. The molecule has 4 atom stereocenters. The number of rotatable bonds is 8. The van der Waals surface area contributed by atoms with E-state index in [1.54, 1.807) is 24.0 Å². The van der Waals surface area contributed by atoms with E-state index >= 15 is 0 Å². The molecule has 0 spiro atoms. The van der Waals surface area contributed by atoms with Gasteiger partial charge in [0, 0.05) is 52.4 Å². The summed E-state index contributed by atoms with van der Waals surface area (Å²) in [6, 6.07) is 11.4. The standard InChI is InChI=1S/C31H47N3O7S/c1-22-19-34(23(2)21-35)31(36)28-18-25(32(4)5)11-16-29(28)41-24(3)10-8-9-17-40-30(22)20-33(6)42(37,38)27-14-12-26(39-7)13-15-27/h11-16,18,22-24,30,35H,8-10,17,19-21H2,1-7H3/t22-,23+,24+,30+/m0/s1. The lowest BCUT2D eigenvalue weighted by molar-refractivity contribution is -0.00833. The second kappa shape index (κ2) is 15.0. The Hall–Kier alpha value is -2.86. The zero-order valence-electron chi connectivity index (χ0n) is 25.9. The number of carbonyl (C=O) groups is 1. The van der Waals surface area contributed by atoms with E-state index in [2.05, 4.69) is 0 Å². The van der Waals surface area contributed by atoms with Crippen molar-refractivity contribution in [3.8, 4) is 11.5 Å². The zero-order valence-corrected chi connectivity index (χ0v) is 26.8. The van der Waals surface area contributed by atoms with E-state index in [0.717, 1.165) is 24.9 Å². The van der Waals surface area contributed by atoms with Crippen molar-refractivity contribution in [2.45, 2.75) is 63.2 Å². The number of hydrogen-bond acceptors (Lipinski definition) is 8. The van der Waals surface area contributed by atoms with Crippen LogP contribution < -0.4 is 14.4 Å². The molecule has 11 heteroatoms. The molecule has 234 valence electrons. The maximum Gasteiger partial charge on any atom is 0.258 e. The Balaban J connectivity index is 1.95. The lowest BCUT2D eigenvalue weighted by atomic mass is 10.0. The number of amides is 1. The van der Waals surface area contributed by atoms with Gasteiger partial charge in [-0.2, -0.15) is 4.31 Å². The Labute approximate surface area is 251 Å². The van der Waals surface area contributed by atoms with Crippen molar-refractivity contribution < 1.29 is 32.5 Å². The molecule has 0 aromatic heterocycles. The molecule has 2 aromatic carbocycles. The number of methoxy groups -OCH3 is 1. The van der Waals surface area contributed by atoms with Gasteiger partial charge in [-0.1, -0.05) is 6.92 Å². The van der Waals surface area contributed by atoms with Gasteiger partial charge in [0.1, 0.15) is 11.5 Å². The summed E-state index contributed by atoms with van der Waals surface area (Å²) in [5, 5.41) is 10.1. The molecular weight excluding hydrogens is 558 g/mol. The molecule has 0 aliphatic carbocycles. The van der Waals surface area contributed by atoms with Crippen LogP contribution in [0.4, 0.5) is 5.69 Å². The monoisotopic (exact) mass is 605 g/mol. The molecule has 10 nitrogen and oxygen atoms in total. The summed E-state index contributed by atoms with van der Waals surface area (Å²) >= 11 is 0. The maximum atomic E-state index is 14.1. The van der Waals surface area contributed by atoms with Gasteiger partial charge in [0.05, 0.1) is 42.4 Å². The molecule has 1 aliphatic rings. The van der Waals surface area contributed by atoms with E-state index in [9.17, 15) is 18.3 Å². The molecule has 3 rings (SSSR count). The summed E-state index contributed by atoms with van der Waals surface area (Å²) in [4.78, 5) is 17.8. The van der Waals surface area contributed by atoms with Crippen molar-refractivity contribution in [3.63, 3.8) is 0 Å². The predicted molar refractivity (Wildman–Crippen MR) is 164 cm³/mol. The Morgan fingerprint density at radius 3 is 2.40 bits per heavy atom. The van der Waals surface area contributed by atoms with Crippen LogP contribution in [-0.4, -0.2) is 101 Å². The largest absolute Gasteiger partial charge is 0.497 e. The van der Waals surface area contributed by atoms with Gasteiger partial charge in [-0.05, 0) is 75.6 Å². The summed E-state index contributed by atoms with van der Waals surface area (Å²) in [6.07, 6.45) is 1.80. The number of ether oxygens (including phenoxy) is 3. The van der Waals surface area contributed by atoms with E-state index in [-0.39, 0.29) is 42.5 Å². The molecule has 1 heterocycles. The Bertz CT molecular complexity index is 1270. The second-order valence-corrected chi connectivity index (χ2v) is 13.4. The number of aliphatic hydroxyl groups excluding tert-OH is 1. The Morgan fingerprint density at radius 2 is 1.79 bits per heavy atom. The summed E-state index contributed by atoms with van der Waals surface area (Å²) in [5.41, 5.74) is 1.28. The normalized spacial score (nSPS) is 21.7. The van der Waals surface area contributed by atoms with Crippen molar-refractivity contribution in [1.29, 1.82) is 0 Å². The predicted octanol–water partition coefficient (Wildman–Crippen LogP) is 3.88. The first kappa shape index (κ1) is 33.6. The zero-order chi connectivity index (χ0) is 31.0. The number of nitrogens with zero attached hydrogens (tertiary/aromatic N) is 3. The molecule has 0 bridgehead atoms. The van der Waals surface area contributed by atoms with Crippen molar-refractivity contribution >= 4 is 21.6 Å². The smallest absolute Gasteiger partial charge is 0.258 e. The van der Waals surface area contributed by atoms with Crippen molar-refractivity contribution in [1.82, 2.24) is 9.21 Å². The van der Waals surface area contributed by atoms with E-state index in [4.69, 9.17) is 14.2 Å². The summed E-state index contributed by atoms with van der Waals surface area (Å²) < 4.78 is 45.9. The summed E-state index contributed by atoms with van der Waals surface area (Å²) in [5.74, 6) is 0.571. The third-order valence-electron chi connectivity index (χ3n) is 7.76. The fraction of sp³-hybridized carbons (Fsp3) is 0.581. The molecule has 0 fully saturated rings. The fourth-order valence-corrected chi connectivity index (χ4v) is 6.11. The van der Waals surface area contributed by atoms with Crippen LogP contribution >= 0.6 is 0 Å². The fourth-order valence-electron chi connectivity index (χ4n) is 4.93. The Kier molecular flexibility index (Phi) is 12.0. The van der Waals surface area contributed by atoms with Crippen molar-refractivity contribution in [2.75, 3.05) is 59.5 Å². The number of hydrogen-bond donors (Lipinski definition) is 1. The number of likely N-dealkylation sites (N-methyl/N-ethyl adjacent to an activating group) is 1. The number of carbonyl (C=O) groups excluding carboxylic acids is 1. The van der Waals surface area contributed by atoms with Crippen molar-refractivity contribution in [2.24, 2.45) is 5.92 Å². The highest BCUT2D eigenvalue weighted by molar-refractivity contribution is 7.89. The minimum Gasteiger partial charge on any atom is -0.497 e. The van der Waals surface area contributed by atoms with Crippen LogP contribution in [0.3, 0.4) is 0 Å². The lowest BCUT2D eigenvalue weighted by Gasteiger charge is -2.35. The van der Waals surface area contributed by atoms with Crippen LogP contribution in [0.15, 0.2) is 47.4 Å². The molecule has 1 aliphatic heterocycles. The number of benzene rings is 2. The van der Waals surface area contributed by atoms with Crippen LogP contribution in [0.25, 0.3) is 0 Å². The van der Waals surface area contributed by atoms with E-state index in [0.29, 0.717) is 23.7 Å². The van der Waals surface area contributed by atoms with Gasteiger partial charge < -0.3 is 29.1 Å². The first-order valence-electron chi connectivity index (χ1n) is 14.5. The highest BCUT2D eigenvalue weighted by atomic mass is 32.2. The minimum absolute atomic E-state index is 0.103. The number of fused-ring (bicyclic) bond motifs is 1. The quantitative estimate of drug-likeness (QED) is 0.483. The third kappa shape index (κ3) is 8.37. The van der Waals surface area contributed by atoms with Crippen LogP contribution in [0, 0.1) is 5.92 Å². The lowest BCUT2D eigenvalue weighted by Crippen LogP contribution is -2.48. The van der Waals surface area contributed by atoms with Gasteiger partial charge in [-0.3, -0.25) is 4.79 Å². The Morgan fingerprint density at radius 1 is 1.10 bits per heavy atom. The average Bonchev–Trinajstić information content (AvgIpc) is 2.97. The van der Waals surface area contributed by atoms with Gasteiger partial charge in [-0.15, -0.1) is 0 Å². The van der Waals surface area contributed by atoms with Crippen LogP contribution in [-0.2, 0) is 14.8 Å². The van der Waals surface area contributed by atoms with Crippen LogP contribution in [0.1, 0.15) is 50.4 Å². The van der Waals surface area contributed by atoms with Gasteiger partial charge >= 0.3 is 0 Å². The van der Waals surface area contributed by atoms with Gasteiger partial charge in [0.2, 0.25) is 10.0 Å². The summed E-state index contributed by atoms with van der Waals surface area (Å²) in [6.45, 7) is 6.31. The van der Waals surface area contributed by atoms with Gasteiger partial charge in [0.15, 0.2) is 0 Å². The molecule has 2 aromatic rings. The number of sulfonamides is 1. The first-order chi connectivity index (χ1) is 19.9. The molecule has 0 saturated heterocycles. The molecule has 0 saturated carbocycles. The van der Waals surface area contributed by atoms with E-state index in [1.807, 2.05) is 51.0 Å². The molecule has 1 N–H and O–H groups in total. The number of anilines is 1. The number of aliphatic hydroxyl groups is 1. The molecule has 0 unspecified atom stereocenters. The van der Waals surface area contributed by atoms with Crippen molar-refractivity contribution in [3.05, 3.63) is 48.0 Å². The van der Waals surface area contributed by atoms with Gasteiger partial charge in [0.25, 0.3) is 5.91 Å². The molecular formula is C31H47N3O7S. The average molecular weight is 606 g/mol. The molecule has 42 heavy (non-hydrogen) atoms. The van der Waals surface area contributed by atoms with Crippen LogP contribution in [0.2, 0.25) is 0 Å². The maximum absolute atomic E-state index is 14.1. The molecule has 1 amide bonds. The SMILES string of the molecule is COc1ccc(S(=O)(=O)N(C)C[C@H]2OCCCC[C@@H](C)Oc3ccc(N(C)C)cc3C(=O)N([C@H](C)CO)C[C@@H]2C)cc1. The van der Waals surface area contributed by atoms with Gasteiger partial charge in [-0.25, -0.2) is 8.42 Å². The third-order valence-corrected chi connectivity index (χ3v) is 9.59. The molecule has 0 radical (unpaired) electrons. The second-order valence-electron chi connectivity index (χ2n) is 11.3.